The Hall–Kier alpha value is -3.19. The number of halogens is 1. The number of fused-ring (bicyclic) bond motifs is 1. The lowest BCUT2D eigenvalue weighted by Crippen LogP contribution is -2.32. The second-order valence-electron chi connectivity index (χ2n) is 6.67. The predicted molar refractivity (Wildman–Crippen MR) is 102 cm³/mol. The molecule has 0 radical (unpaired) electrons. The Balaban J connectivity index is 1.78. The van der Waals surface area contributed by atoms with Crippen molar-refractivity contribution in [2.45, 2.75) is 20.3 Å². The molecule has 1 aliphatic heterocycles. The first-order chi connectivity index (χ1) is 13.3. The summed E-state index contributed by atoms with van der Waals surface area (Å²) in [5.41, 5.74) is 0.576. The summed E-state index contributed by atoms with van der Waals surface area (Å²) in [7, 11) is 0. The summed E-state index contributed by atoms with van der Waals surface area (Å²) < 4.78 is 0. The van der Waals surface area contributed by atoms with Crippen LogP contribution in [0.3, 0.4) is 0 Å². The van der Waals surface area contributed by atoms with Crippen LogP contribution in [0.1, 0.15) is 51.3 Å². The third-order valence-corrected chi connectivity index (χ3v) is 4.32. The van der Waals surface area contributed by atoms with Gasteiger partial charge in [0.2, 0.25) is 5.91 Å². The van der Waals surface area contributed by atoms with Gasteiger partial charge in [0.15, 0.2) is 0 Å². The number of rotatable bonds is 5. The van der Waals surface area contributed by atoms with Gasteiger partial charge < -0.3 is 10.2 Å². The second-order valence-corrected chi connectivity index (χ2v) is 7.08. The molecule has 0 saturated heterocycles. The minimum absolute atomic E-state index is 0.0588. The quantitative estimate of drug-likeness (QED) is 0.772. The number of imide groups is 1. The molecular weight excluding hydrogens is 384 g/mol. The largest absolute Gasteiger partial charge is 0.365 e. The third-order valence-electron chi connectivity index (χ3n) is 3.99. The van der Waals surface area contributed by atoms with Crippen molar-refractivity contribution < 1.29 is 24.0 Å². The number of benzene rings is 2. The van der Waals surface area contributed by atoms with Gasteiger partial charge in [0.1, 0.15) is 0 Å². The smallest absolute Gasteiger partial charge is 0.326 e. The topological polar surface area (TPSA) is 92.8 Å². The molecule has 2 aromatic rings. The summed E-state index contributed by atoms with van der Waals surface area (Å²) in [6.45, 7) is 3.82. The first kappa shape index (κ1) is 19.6. The Labute approximate surface area is 166 Å². The number of nitrogens with one attached hydrogen (secondary N) is 1. The zero-order valence-electron chi connectivity index (χ0n) is 15.2. The third kappa shape index (κ3) is 3.89. The zero-order chi connectivity index (χ0) is 20.4. The van der Waals surface area contributed by atoms with Crippen molar-refractivity contribution in [1.29, 1.82) is 0 Å². The lowest BCUT2D eigenvalue weighted by molar-refractivity contribution is -0.116. The van der Waals surface area contributed by atoms with Gasteiger partial charge in [-0.1, -0.05) is 42.6 Å². The van der Waals surface area contributed by atoms with Gasteiger partial charge in [-0.05, 0) is 36.2 Å². The molecule has 28 heavy (non-hydrogen) atoms. The monoisotopic (exact) mass is 400 g/mol. The first-order valence-electron chi connectivity index (χ1n) is 8.57. The van der Waals surface area contributed by atoms with E-state index >= 15 is 0 Å². The molecule has 2 aromatic carbocycles. The molecule has 1 aliphatic rings. The van der Waals surface area contributed by atoms with Crippen LogP contribution >= 0.6 is 11.6 Å². The van der Waals surface area contributed by atoms with Crippen molar-refractivity contribution in [3.05, 3.63) is 64.2 Å². The summed E-state index contributed by atoms with van der Waals surface area (Å²) in [5.74, 6) is -2.49. The predicted octanol–water partition coefficient (Wildman–Crippen LogP) is 3.69. The van der Waals surface area contributed by atoms with Crippen LogP contribution in [0.4, 0.5) is 5.69 Å². The van der Waals surface area contributed by atoms with Crippen LogP contribution in [0, 0.1) is 5.92 Å². The Morgan fingerprint density at radius 1 is 1.07 bits per heavy atom. The fourth-order valence-corrected chi connectivity index (χ4v) is 2.92. The van der Waals surface area contributed by atoms with Gasteiger partial charge >= 0.3 is 5.97 Å². The van der Waals surface area contributed by atoms with Crippen LogP contribution in [0.15, 0.2) is 42.5 Å². The van der Waals surface area contributed by atoms with Crippen LogP contribution in [-0.2, 0) is 9.63 Å². The summed E-state index contributed by atoms with van der Waals surface area (Å²) in [6.07, 6.45) is 0.317. The SMILES string of the molecule is CC(C)CC(=O)Nc1ccc(Cl)c(C(=O)ON2C(=O)c3ccccc3C2=O)c1. The van der Waals surface area contributed by atoms with Crippen LogP contribution < -0.4 is 5.32 Å². The van der Waals surface area contributed by atoms with Crippen molar-refractivity contribution in [2.24, 2.45) is 5.92 Å². The molecule has 0 atom stereocenters. The van der Waals surface area contributed by atoms with Gasteiger partial charge in [-0.2, -0.15) is 0 Å². The maximum Gasteiger partial charge on any atom is 0.365 e. The van der Waals surface area contributed by atoms with Gasteiger partial charge in [-0.15, -0.1) is 0 Å². The van der Waals surface area contributed by atoms with E-state index in [1.165, 1.54) is 24.3 Å². The van der Waals surface area contributed by atoms with Crippen molar-refractivity contribution in [2.75, 3.05) is 5.32 Å². The highest BCUT2D eigenvalue weighted by Crippen LogP contribution is 2.26. The zero-order valence-corrected chi connectivity index (χ0v) is 15.9. The highest BCUT2D eigenvalue weighted by Gasteiger charge is 2.39. The molecule has 0 aromatic heterocycles. The van der Waals surface area contributed by atoms with E-state index < -0.39 is 17.8 Å². The average molecular weight is 401 g/mol. The van der Waals surface area contributed by atoms with E-state index in [9.17, 15) is 19.2 Å². The Morgan fingerprint density at radius 3 is 2.25 bits per heavy atom. The highest BCUT2D eigenvalue weighted by atomic mass is 35.5. The van der Waals surface area contributed by atoms with Gasteiger partial charge in [0.05, 0.1) is 21.7 Å². The van der Waals surface area contributed by atoms with E-state index in [0.29, 0.717) is 17.2 Å². The van der Waals surface area contributed by atoms with Gasteiger partial charge in [0.25, 0.3) is 11.8 Å². The van der Waals surface area contributed by atoms with E-state index in [1.807, 2.05) is 13.8 Å². The fraction of sp³-hybridized carbons (Fsp3) is 0.200. The number of anilines is 1. The first-order valence-corrected chi connectivity index (χ1v) is 8.95. The lowest BCUT2D eigenvalue weighted by Gasteiger charge is -2.14. The summed E-state index contributed by atoms with van der Waals surface area (Å²) in [5, 5.41) is 3.14. The molecular formula is C20H17ClN2O5. The number of carbonyl (C=O) groups is 4. The molecule has 3 amide bonds. The number of hydroxylamine groups is 2. The summed E-state index contributed by atoms with van der Waals surface area (Å²) in [6, 6.07) is 10.5. The number of carbonyl (C=O) groups excluding carboxylic acids is 4. The fourth-order valence-electron chi connectivity index (χ4n) is 2.72. The van der Waals surface area contributed by atoms with Crippen molar-refractivity contribution in [3.63, 3.8) is 0 Å². The van der Waals surface area contributed by atoms with Crippen LogP contribution in [-0.4, -0.2) is 28.8 Å². The Morgan fingerprint density at radius 2 is 1.68 bits per heavy atom. The molecule has 0 fully saturated rings. The van der Waals surface area contributed by atoms with E-state index in [-0.39, 0.29) is 33.5 Å². The molecule has 1 heterocycles. The molecule has 1 N–H and O–H groups in total. The standard InChI is InChI=1S/C20H17ClN2O5/c1-11(2)9-17(24)22-12-7-8-16(21)15(10-12)20(27)28-23-18(25)13-5-3-4-6-14(13)19(23)26/h3-8,10-11H,9H2,1-2H3,(H,22,24). The van der Waals surface area contributed by atoms with Gasteiger partial charge in [0, 0.05) is 12.1 Å². The Kier molecular flexibility index (Phi) is 5.46. The molecule has 144 valence electrons. The molecule has 0 bridgehead atoms. The number of amides is 3. The average Bonchev–Trinajstić information content (AvgIpc) is 2.88. The van der Waals surface area contributed by atoms with Crippen molar-refractivity contribution in [3.8, 4) is 0 Å². The molecule has 0 spiro atoms. The van der Waals surface area contributed by atoms with Gasteiger partial charge in [-0.3, -0.25) is 14.4 Å². The van der Waals surface area contributed by atoms with Crippen LogP contribution in [0.25, 0.3) is 0 Å². The minimum atomic E-state index is -0.987. The molecule has 8 heteroatoms. The van der Waals surface area contributed by atoms with E-state index in [1.54, 1.807) is 18.2 Å². The number of hydrogen-bond donors (Lipinski definition) is 1. The summed E-state index contributed by atoms with van der Waals surface area (Å²) >= 11 is 6.06. The molecule has 0 unspecified atom stereocenters. The molecule has 3 rings (SSSR count). The van der Waals surface area contributed by atoms with E-state index in [0.717, 1.165) is 0 Å². The van der Waals surface area contributed by atoms with Gasteiger partial charge in [-0.25, -0.2) is 4.79 Å². The maximum atomic E-state index is 12.5. The van der Waals surface area contributed by atoms with E-state index in [2.05, 4.69) is 5.32 Å². The number of hydrogen-bond acceptors (Lipinski definition) is 5. The minimum Gasteiger partial charge on any atom is -0.326 e. The van der Waals surface area contributed by atoms with Crippen molar-refractivity contribution >= 4 is 41.0 Å². The highest BCUT2D eigenvalue weighted by molar-refractivity contribution is 6.33. The normalized spacial score (nSPS) is 12.9. The summed E-state index contributed by atoms with van der Waals surface area (Å²) in [4.78, 5) is 54.1. The second kappa shape index (κ2) is 7.82. The van der Waals surface area contributed by atoms with Crippen LogP contribution in [0.2, 0.25) is 5.02 Å². The maximum absolute atomic E-state index is 12.5. The van der Waals surface area contributed by atoms with E-state index in [4.69, 9.17) is 16.4 Å². The van der Waals surface area contributed by atoms with Crippen LogP contribution in [0.5, 0.6) is 0 Å². The Bertz CT molecular complexity index is 951. The molecule has 0 aliphatic carbocycles. The lowest BCUT2D eigenvalue weighted by atomic mass is 10.1. The van der Waals surface area contributed by atoms with Crippen molar-refractivity contribution in [1.82, 2.24) is 5.06 Å². The molecule has 7 nitrogen and oxygen atoms in total. The molecule has 0 saturated carbocycles. The number of nitrogens with zero attached hydrogens (tertiary/aromatic N) is 1.